The number of rotatable bonds is 3. The maximum Gasteiger partial charge on any atom is 0.246 e. The molecule has 1 aromatic carbocycles. The van der Waals surface area contributed by atoms with Gasteiger partial charge in [-0.1, -0.05) is 15.9 Å². The number of halogens is 1. The molecule has 0 unspecified atom stereocenters. The lowest BCUT2D eigenvalue weighted by atomic mass is 10.2. The second kappa shape index (κ2) is 5.19. The highest BCUT2D eigenvalue weighted by molar-refractivity contribution is 9.10. The molecule has 2 rings (SSSR count). The summed E-state index contributed by atoms with van der Waals surface area (Å²) in [5.74, 6) is 0.405. The molecule has 1 aliphatic rings. The molecule has 0 radical (unpaired) electrons. The van der Waals surface area contributed by atoms with Crippen LogP contribution in [0.3, 0.4) is 0 Å². The summed E-state index contributed by atoms with van der Waals surface area (Å²) in [6.07, 6.45) is 1.85. The first-order valence-electron chi connectivity index (χ1n) is 5.81. The van der Waals surface area contributed by atoms with Gasteiger partial charge in [-0.2, -0.15) is 4.31 Å². The average Bonchev–Trinajstić information content (AvgIpc) is 2.86. The summed E-state index contributed by atoms with van der Waals surface area (Å²) < 4.78 is 32.5. The Morgan fingerprint density at radius 1 is 1.28 bits per heavy atom. The van der Waals surface area contributed by atoms with Crippen LogP contribution in [0, 0.1) is 6.92 Å². The van der Waals surface area contributed by atoms with Crippen molar-refractivity contribution in [2.75, 3.05) is 20.2 Å². The average molecular weight is 334 g/mol. The van der Waals surface area contributed by atoms with Crippen molar-refractivity contribution >= 4 is 26.0 Å². The third-order valence-corrected chi connectivity index (χ3v) is 5.90. The molecule has 1 fully saturated rings. The second-order valence-corrected chi connectivity index (χ2v) is 7.12. The molecule has 1 aliphatic heterocycles. The van der Waals surface area contributed by atoms with Crippen LogP contribution in [0.5, 0.6) is 5.75 Å². The molecule has 0 aliphatic carbocycles. The van der Waals surface area contributed by atoms with Crippen molar-refractivity contribution in [2.45, 2.75) is 24.7 Å². The Morgan fingerprint density at radius 3 is 2.44 bits per heavy atom. The highest BCUT2D eigenvalue weighted by Gasteiger charge is 2.30. The molecule has 1 heterocycles. The van der Waals surface area contributed by atoms with Gasteiger partial charge in [0.05, 0.1) is 7.11 Å². The van der Waals surface area contributed by atoms with Gasteiger partial charge in [-0.25, -0.2) is 8.42 Å². The summed E-state index contributed by atoms with van der Waals surface area (Å²) in [7, 11) is -1.95. The van der Waals surface area contributed by atoms with E-state index in [1.807, 2.05) is 6.92 Å². The minimum Gasteiger partial charge on any atom is -0.495 e. The summed E-state index contributed by atoms with van der Waals surface area (Å²) in [4.78, 5) is 0.240. The Hall–Kier alpha value is -0.590. The number of hydrogen-bond donors (Lipinski definition) is 0. The van der Waals surface area contributed by atoms with Crippen molar-refractivity contribution in [3.63, 3.8) is 0 Å². The molecule has 4 nitrogen and oxygen atoms in total. The van der Waals surface area contributed by atoms with Crippen LogP contribution in [0.4, 0.5) is 0 Å². The van der Waals surface area contributed by atoms with Crippen molar-refractivity contribution in [1.29, 1.82) is 0 Å². The predicted molar refractivity (Wildman–Crippen MR) is 73.4 cm³/mol. The van der Waals surface area contributed by atoms with E-state index in [0.29, 0.717) is 18.8 Å². The number of methoxy groups -OCH3 is 1. The van der Waals surface area contributed by atoms with Gasteiger partial charge in [-0.15, -0.1) is 0 Å². The summed E-state index contributed by atoms with van der Waals surface area (Å²) in [5.41, 5.74) is 0.951. The monoisotopic (exact) mass is 333 g/mol. The van der Waals surface area contributed by atoms with Gasteiger partial charge in [0.25, 0.3) is 0 Å². The van der Waals surface area contributed by atoms with Crippen molar-refractivity contribution in [3.8, 4) is 5.75 Å². The Labute approximate surface area is 116 Å². The van der Waals surface area contributed by atoms with Crippen LogP contribution in [0.1, 0.15) is 18.4 Å². The van der Waals surface area contributed by atoms with Gasteiger partial charge in [0.2, 0.25) is 10.0 Å². The SMILES string of the molecule is COc1cc(C)c(Br)cc1S(=O)(=O)N1CCCC1. The fourth-order valence-corrected chi connectivity index (χ4v) is 4.24. The second-order valence-electron chi connectivity index (χ2n) is 4.36. The van der Waals surface area contributed by atoms with Crippen LogP contribution >= 0.6 is 15.9 Å². The summed E-state index contributed by atoms with van der Waals surface area (Å²) in [6.45, 7) is 3.09. The maximum absolute atomic E-state index is 12.5. The van der Waals surface area contributed by atoms with E-state index >= 15 is 0 Å². The lowest BCUT2D eigenvalue weighted by Gasteiger charge is -2.18. The maximum atomic E-state index is 12.5. The third kappa shape index (κ3) is 2.41. The first-order chi connectivity index (χ1) is 8.46. The van der Waals surface area contributed by atoms with Crippen molar-refractivity contribution in [3.05, 3.63) is 22.2 Å². The van der Waals surface area contributed by atoms with Gasteiger partial charge in [0, 0.05) is 17.6 Å². The number of sulfonamides is 1. The molecule has 0 spiro atoms. The fraction of sp³-hybridized carbons (Fsp3) is 0.500. The van der Waals surface area contributed by atoms with Crippen LogP contribution in [0.15, 0.2) is 21.5 Å². The number of aryl methyl sites for hydroxylation is 1. The van der Waals surface area contributed by atoms with E-state index in [2.05, 4.69) is 15.9 Å². The first-order valence-corrected chi connectivity index (χ1v) is 8.04. The molecule has 100 valence electrons. The minimum atomic E-state index is -3.44. The molecular formula is C12H16BrNO3S. The van der Waals surface area contributed by atoms with E-state index in [9.17, 15) is 8.42 Å². The molecule has 0 N–H and O–H groups in total. The first kappa shape index (κ1) is 13.8. The van der Waals surface area contributed by atoms with Gasteiger partial charge in [-0.3, -0.25) is 0 Å². The molecule has 18 heavy (non-hydrogen) atoms. The van der Waals surface area contributed by atoms with E-state index in [4.69, 9.17) is 4.74 Å². The zero-order valence-corrected chi connectivity index (χ0v) is 12.8. The zero-order chi connectivity index (χ0) is 13.3. The molecule has 0 amide bonds. The van der Waals surface area contributed by atoms with Crippen LogP contribution < -0.4 is 4.74 Å². The van der Waals surface area contributed by atoms with Gasteiger partial charge < -0.3 is 4.74 Å². The number of nitrogens with zero attached hydrogens (tertiary/aromatic N) is 1. The molecule has 0 bridgehead atoms. The highest BCUT2D eigenvalue weighted by Crippen LogP contribution is 2.33. The predicted octanol–water partition coefficient (Wildman–Crippen LogP) is 2.55. The molecular weight excluding hydrogens is 318 g/mol. The Bertz CT molecular complexity index is 551. The number of hydrogen-bond acceptors (Lipinski definition) is 3. The Morgan fingerprint density at radius 2 is 1.89 bits per heavy atom. The van der Waals surface area contributed by atoms with Crippen molar-refractivity contribution in [1.82, 2.24) is 4.31 Å². The van der Waals surface area contributed by atoms with Gasteiger partial charge in [-0.05, 0) is 37.5 Å². The quantitative estimate of drug-likeness (QED) is 0.853. The van der Waals surface area contributed by atoms with E-state index in [-0.39, 0.29) is 4.90 Å². The standard InChI is InChI=1S/C12H16BrNO3S/c1-9-7-11(17-2)12(8-10(9)13)18(15,16)14-5-3-4-6-14/h7-8H,3-6H2,1-2H3. The smallest absolute Gasteiger partial charge is 0.246 e. The van der Waals surface area contributed by atoms with Crippen LogP contribution in [0.2, 0.25) is 0 Å². The van der Waals surface area contributed by atoms with Crippen LogP contribution in [-0.4, -0.2) is 32.9 Å². The van der Waals surface area contributed by atoms with Gasteiger partial charge >= 0.3 is 0 Å². The van der Waals surface area contributed by atoms with E-state index in [1.165, 1.54) is 11.4 Å². The van der Waals surface area contributed by atoms with Crippen LogP contribution in [-0.2, 0) is 10.0 Å². The number of benzene rings is 1. The minimum absolute atomic E-state index is 0.240. The lowest BCUT2D eigenvalue weighted by molar-refractivity contribution is 0.398. The lowest BCUT2D eigenvalue weighted by Crippen LogP contribution is -2.28. The molecule has 0 aromatic heterocycles. The van der Waals surface area contributed by atoms with E-state index in [1.54, 1.807) is 12.1 Å². The van der Waals surface area contributed by atoms with E-state index in [0.717, 1.165) is 22.9 Å². The summed E-state index contributed by atoms with van der Waals surface area (Å²) in [5, 5.41) is 0. The molecule has 1 aromatic rings. The number of ether oxygens (including phenoxy) is 1. The normalized spacial score (nSPS) is 17.1. The summed E-state index contributed by atoms with van der Waals surface area (Å²) in [6, 6.07) is 3.37. The van der Waals surface area contributed by atoms with Gasteiger partial charge in [0.15, 0.2) is 0 Å². The molecule has 6 heteroatoms. The van der Waals surface area contributed by atoms with Crippen LogP contribution in [0.25, 0.3) is 0 Å². The highest BCUT2D eigenvalue weighted by atomic mass is 79.9. The zero-order valence-electron chi connectivity index (χ0n) is 10.4. The largest absolute Gasteiger partial charge is 0.495 e. The molecule has 0 saturated carbocycles. The van der Waals surface area contributed by atoms with Crippen molar-refractivity contribution < 1.29 is 13.2 Å². The molecule has 1 saturated heterocycles. The van der Waals surface area contributed by atoms with E-state index < -0.39 is 10.0 Å². The summed E-state index contributed by atoms with van der Waals surface area (Å²) >= 11 is 3.37. The Balaban J connectivity index is 2.52. The van der Waals surface area contributed by atoms with Gasteiger partial charge in [0.1, 0.15) is 10.6 Å². The Kier molecular flexibility index (Phi) is 3.99. The fourth-order valence-electron chi connectivity index (χ4n) is 2.07. The molecule has 0 atom stereocenters. The third-order valence-electron chi connectivity index (χ3n) is 3.13. The van der Waals surface area contributed by atoms with Crippen molar-refractivity contribution in [2.24, 2.45) is 0 Å². The topological polar surface area (TPSA) is 46.6 Å².